The Labute approximate surface area is 124 Å². The van der Waals surface area contributed by atoms with Crippen molar-refractivity contribution in [2.45, 2.75) is 51.6 Å². The molecule has 2 rings (SSSR count). The number of benzene rings is 1. The van der Waals surface area contributed by atoms with E-state index in [2.05, 4.69) is 61.4 Å². The van der Waals surface area contributed by atoms with Crippen molar-refractivity contribution in [3.63, 3.8) is 0 Å². The second-order valence-corrected chi connectivity index (χ2v) is 6.50. The summed E-state index contributed by atoms with van der Waals surface area (Å²) in [5.74, 6) is 0.734. The second kappa shape index (κ2) is 7.80. The standard InChI is InChI=1S/C18H30N2/c1-15(2)13-18(16-9-5-4-6-10-16)20-12-8-7-11-17(20)14-19-3/h4-6,9-10,15,17-19H,7-8,11-14H2,1-3H3. The van der Waals surface area contributed by atoms with E-state index < -0.39 is 0 Å². The van der Waals surface area contributed by atoms with Gasteiger partial charge in [-0.2, -0.15) is 0 Å². The predicted octanol–water partition coefficient (Wildman–Crippen LogP) is 3.85. The average molecular weight is 274 g/mol. The van der Waals surface area contributed by atoms with Crippen LogP contribution >= 0.6 is 0 Å². The fourth-order valence-corrected chi connectivity index (χ4v) is 3.47. The van der Waals surface area contributed by atoms with E-state index in [-0.39, 0.29) is 0 Å². The van der Waals surface area contributed by atoms with Crippen LogP contribution in [0.3, 0.4) is 0 Å². The lowest BCUT2D eigenvalue weighted by Crippen LogP contribution is -2.46. The van der Waals surface area contributed by atoms with E-state index in [9.17, 15) is 0 Å². The zero-order chi connectivity index (χ0) is 14.4. The maximum atomic E-state index is 3.39. The molecule has 0 aromatic heterocycles. The number of rotatable bonds is 6. The van der Waals surface area contributed by atoms with Crippen LogP contribution in [0.5, 0.6) is 0 Å². The van der Waals surface area contributed by atoms with Crippen molar-refractivity contribution in [3.8, 4) is 0 Å². The Morgan fingerprint density at radius 2 is 1.95 bits per heavy atom. The molecule has 1 aromatic rings. The Bertz CT molecular complexity index is 372. The summed E-state index contributed by atoms with van der Waals surface area (Å²) in [7, 11) is 2.08. The normalized spacial score (nSPS) is 22.1. The van der Waals surface area contributed by atoms with Crippen molar-refractivity contribution < 1.29 is 0 Å². The lowest BCUT2D eigenvalue weighted by Gasteiger charge is -2.42. The Morgan fingerprint density at radius 3 is 2.60 bits per heavy atom. The van der Waals surface area contributed by atoms with Crippen molar-refractivity contribution in [2.24, 2.45) is 5.92 Å². The minimum Gasteiger partial charge on any atom is -0.318 e. The third-order valence-corrected chi connectivity index (χ3v) is 4.39. The molecular weight excluding hydrogens is 244 g/mol. The van der Waals surface area contributed by atoms with Crippen LogP contribution in [0.25, 0.3) is 0 Å². The van der Waals surface area contributed by atoms with Crippen LogP contribution in [0, 0.1) is 5.92 Å². The van der Waals surface area contributed by atoms with Crippen LogP contribution in [0.15, 0.2) is 30.3 Å². The highest BCUT2D eigenvalue weighted by molar-refractivity contribution is 5.19. The van der Waals surface area contributed by atoms with Crippen LogP contribution in [-0.4, -0.2) is 31.1 Å². The number of nitrogens with one attached hydrogen (secondary N) is 1. The molecule has 0 amide bonds. The van der Waals surface area contributed by atoms with E-state index in [1.165, 1.54) is 37.8 Å². The van der Waals surface area contributed by atoms with Crippen LogP contribution in [-0.2, 0) is 0 Å². The molecule has 2 nitrogen and oxygen atoms in total. The molecule has 1 N–H and O–H groups in total. The minimum atomic E-state index is 0.579. The largest absolute Gasteiger partial charge is 0.318 e. The lowest BCUT2D eigenvalue weighted by molar-refractivity contribution is 0.0821. The third-order valence-electron chi connectivity index (χ3n) is 4.39. The van der Waals surface area contributed by atoms with E-state index in [0.717, 1.165) is 12.5 Å². The monoisotopic (exact) mass is 274 g/mol. The molecular formula is C18H30N2. The average Bonchev–Trinajstić information content (AvgIpc) is 2.47. The molecule has 1 aliphatic heterocycles. The minimum absolute atomic E-state index is 0.579. The summed E-state index contributed by atoms with van der Waals surface area (Å²) < 4.78 is 0. The van der Waals surface area contributed by atoms with Crippen LogP contribution in [0.4, 0.5) is 0 Å². The van der Waals surface area contributed by atoms with Gasteiger partial charge in [0.15, 0.2) is 0 Å². The topological polar surface area (TPSA) is 15.3 Å². The van der Waals surface area contributed by atoms with Gasteiger partial charge in [0, 0.05) is 18.6 Å². The van der Waals surface area contributed by atoms with Gasteiger partial charge in [-0.05, 0) is 44.3 Å². The van der Waals surface area contributed by atoms with Gasteiger partial charge in [-0.3, -0.25) is 4.90 Å². The van der Waals surface area contributed by atoms with Crippen molar-refractivity contribution in [2.75, 3.05) is 20.1 Å². The molecule has 20 heavy (non-hydrogen) atoms. The summed E-state index contributed by atoms with van der Waals surface area (Å²) >= 11 is 0. The SMILES string of the molecule is CNCC1CCCCN1C(CC(C)C)c1ccccc1. The fourth-order valence-electron chi connectivity index (χ4n) is 3.47. The van der Waals surface area contributed by atoms with E-state index >= 15 is 0 Å². The number of likely N-dealkylation sites (tertiary alicyclic amines) is 1. The van der Waals surface area contributed by atoms with Gasteiger partial charge in [0.1, 0.15) is 0 Å². The Hall–Kier alpha value is -0.860. The number of hydrogen-bond donors (Lipinski definition) is 1. The zero-order valence-corrected chi connectivity index (χ0v) is 13.3. The maximum absolute atomic E-state index is 3.39. The first-order chi connectivity index (χ1) is 9.72. The van der Waals surface area contributed by atoms with Gasteiger partial charge in [-0.15, -0.1) is 0 Å². The number of piperidine rings is 1. The van der Waals surface area contributed by atoms with Gasteiger partial charge in [0.2, 0.25) is 0 Å². The van der Waals surface area contributed by atoms with Gasteiger partial charge in [0.25, 0.3) is 0 Å². The highest BCUT2D eigenvalue weighted by Gasteiger charge is 2.29. The number of likely N-dealkylation sites (N-methyl/N-ethyl adjacent to an activating group) is 1. The van der Waals surface area contributed by atoms with Gasteiger partial charge >= 0.3 is 0 Å². The highest BCUT2D eigenvalue weighted by atomic mass is 15.2. The van der Waals surface area contributed by atoms with Crippen molar-refractivity contribution in [1.82, 2.24) is 10.2 Å². The van der Waals surface area contributed by atoms with E-state index in [0.29, 0.717) is 12.1 Å². The smallest absolute Gasteiger partial charge is 0.0354 e. The summed E-state index contributed by atoms with van der Waals surface area (Å²) in [5.41, 5.74) is 1.49. The number of nitrogens with zero attached hydrogens (tertiary/aromatic N) is 1. The first-order valence-corrected chi connectivity index (χ1v) is 8.17. The second-order valence-electron chi connectivity index (χ2n) is 6.50. The third kappa shape index (κ3) is 4.07. The van der Waals surface area contributed by atoms with Gasteiger partial charge in [0.05, 0.1) is 0 Å². The Balaban J connectivity index is 2.20. The number of hydrogen-bond acceptors (Lipinski definition) is 2. The van der Waals surface area contributed by atoms with E-state index in [4.69, 9.17) is 0 Å². The molecule has 0 bridgehead atoms. The lowest BCUT2D eigenvalue weighted by atomic mass is 9.91. The van der Waals surface area contributed by atoms with Crippen LogP contribution in [0.2, 0.25) is 0 Å². The molecule has 1 heterocycles. The summed E-state index contributed by atoms with van der Waals surface area (Å²) in [6.07, 6.45) is 5.32. The highest BCUT2D eigenvalue weighted by Crippen LogP contribution is 2.33. The summed E-state index contributed by atoms with van der Waals surface area (Å²) in [6.45, 7) is 7.04. The van der Waals surface area contributed by atoms with Gasteiger partial charge in [-0.25, -0.2) is 0 Å². The van der Waals surface area contributed by atoms with Crippen molar-refractivity contribution >= 4 is 0 Å². The first-order valence-electron chi connectivity index (χ1n) is 8.17. The van der Waals surface area contributed by atoms with Gasteiger partial charge in [-0.1, -0.05) is 50.6 Å². The van der Waals surface area contributed by atoms with Crippen molar-refractivity contribution in [1.29, 1.82) is 0 Å². The fraction of sp³-hybridized carbons (Fsp3) is 0.667. The van der Waals surface area contributed by atoms with Crippen LogP contribution < -0.4 is 5.32 Å². The van der Waals surface area contributed by atoms with E-state index in [1.54, 1.807) is 0 Å². The molecule has 0 spiro atoms. The summed E-state index contributed by atoms with van der Waals surface area (Å²) in [6, 6.07) is 12.4. The maximum Gasteiger partial charge on any atom is 0.0354 e. The zero-order valence-electron chi connectivity index (χ0n) is 13.3. The molecule has 2 heteroatoms. The Kier molecular flexibility index (Phi) is 6.06. The Morgan fingerprint density at radius 1 is 1.20 bits per heavy atom. The van der Waals surface area contributed by atoms with Crippen LogP contribution in [0.1, 0.15) is 51.1 Å². The molecule has 1 aromatic carbocycles. The molecule has 2 atom stereocenters. The molecule has 0 radical (unpaired) electrons. The summed E-state index contributed by atoms with van der Waals surface area (Å²) in [4.78, 5) is 2.76. The molecule has 112 valence electrons. The molecule has 0 aliphatic carbocycles. The predicted molar refractivity (Wildman–Crippen MR) is 86.9 cm³/mol. The molecule has 2 unspecified atom stereocenters. The molecule has 1 saturated heterocycles. The first kappa shape index (κ1) is 15.5. The van der Waals surface area contributed by atoms with E-state index in [1.807, 2.05) is 0 Å². The van der Waals surface area contributed by atoms with Crippen molar-refractivity contribution in [3.05, 3.63) is 35.9 Å². The molecule has 0 saturated carbocycles. The molecule has 1 aliphatic rings. The summed E-state index contributed by atoms with van der Waals surface area (Å²) in [5, 5.41) is 3.39. The quantitative estimate of drug-likeness (QED) is 0.847. The molecule has 1 fully saturated rings. The van der Waals surface area contributed by atoms with Gasteiger partial charge < -0.3 is 5.32 Å².